The van der Waals surface area contributed by atoms with Crippen molar-refractivity contribution in [1.29, 1.82) is 0 Å². The molecule has 17 heavy (non-hydrogen) atoms. The van der Waals surface area contributed by atoms with Gasteiger partial charge in [0.05, 0.1) is 0 Å². The number of fused-ring (bicyclic) bond motifs is 1. The van der Waals surface area contributed by atoms with E-state index in [0.29, 0.717) is 5.65 Å². The molecule has 88 valence electrons. The predicted molar refractivity (Wildman–Crippen MR) is 66.8 cm³/mol. The number of piperidine rings is 1. The van der Waals surface area contributed by atoms with Gasteiger partial charge in [-0.25, -0.2) is 9.97 Å². The molecular weight excluding hydrogens is 214 g/mol. The van der Waals surface area contributed by atoms with Crippen LogP contribution in [0.15, 0.2) is 24.5 Å². The summed E-state index contributed by atoms with van der Waals surface area (Å²) in [5.41, 5.74) is 7.51. The monoisotopic (exact) mass is 229 g/mol. The molecule has 2 aromatic heterocycles. The number of nitrogens with two attached hydrogens (primary N) is 1. The van der Waals surface area contributed by atoms with Crippen LogP contribution in [0.25, 0.3) is 11.2 Å². The maximum Gasteiger partial charge on any atom is 0.180 e. The van der Waals surface area contributed by atoms with Gasteiger partial charge in [0.2, 0.25) is 0 Å². The summed E-state index contributed by atoms with van der Waals surface area (Å²) in [5.74, 6) is 0.952. The first-order valence-corrected chi connectivity index (χ1v) is 5.91. The van der Waals surface area contributed by atoms with Crippen LogP contribution in [0.4, 0.5) is 5.82 Å². The van der Waals surface area contributed by atoms with Gasteiger partial charge < -0.3 is 10.6 Å². The molecule has 1 atom stereocenters. The Morgan fingerprint density at radius 3 is 3.00 bits per heavy atom. The van der Waals surface area contributed by atoms with Crippen molar-refractivity contribution in [2.75, 3.05) is 18.0 Å². The van der Waals surface area contributed by atoms with Gasteiger partial charge in [0, 0.05) is 31.5 Å². The first-order valence-electron chi connectivity index (χ1n) is 5.91. The number of rotatable bonds is 1. The molecule has 1 aliphatic heterocycles. The molecule has 3 heterocycles. The van der Waals surface area contributed by atoms with Gasteiger partial charge >= 0.3 is 0 Å². The van der Waals surface area contributed by atoms with Crippen LogP contribution in [0, 0.1) is 0 Å². The van der Waals surface area contributed by atoms with E-state index < -0.39 is 0 Å². The molecule has 1 saturated heterocycles. The average molecular weight is 229 g/mol. The van der Waals surface area contributed by atoms with Gasteiger partial charge in [-0.1, -0.05) is 0 Å². The normalized spacial score (nSPS) is 20.8. The minimum Gasteiger partial charge on any atom is -0.355 e. The summed E-state index contributed by atoms with van der Waals surface area (Å²) in [6.07, 6.45) is 5.58. The second-order valence-electron chi connectivity index (χ2n) is 4.42. The third kappa shape index (κ3) is 2.06. The topological polar surface area (TPSA) is 67.9 Å². The highest BCUT2D eigenvalue weighted by atomic mass is 15.2. The second kappa shape index (κ2) is 4.25. The van der Waals surface area contributed by atoms with E-state index in [0.717, 1.165) is 37.3 Å². The van der Waals surface area contributed by atoms with Gasteiger partial charge in [0.25, 0.3) is 0 Å². The highest BCUT2D eigenvalue weighted by molar-refractivity contribution is 5.71. The van der Waals surface area contributed by atoms with Crippen molar-refractivity contribution in [3.8, 4) is 0 Å². The van der Waals surface area contributed by atoms with Gasteiger partial charge in [-0.3, -0.25) is 4.98 Å². The quantitative estimate of drug-likeness (QED) is 0.788. The van der Waals surface area contributed by atoms with E-state index in [4.69, 9.17) is 5.73 Å². The Kier molecular flexibility index (Phi) is 2.60. The minimum absolute atomic E-state index is 0.253. The largest absolute Gasteiger partial charge is 0.355 e. The predicted octanol–water partition coefficient (Wildman–Crippen LogP) is 0.952. The fourth-order valence-electron chi connectivity index (χ4n) is 2.24. The minimum atomic E-state index is 0.253. The van der Waals surface area contributed by atoms with Crippen molar-refractivity contribution >= 4 is 17.0 Å². The van der Waals surface area contributed by atoms with Crippen LogP contribution < -0.4 is 10.6 Å². The molecule has 0 aromatic carbocycles. The number of hydrogen-bond donors (Lipinski definition) is 1. The number of hydrogen-bond acceptors (Lipinski definition) is 5. The Bertz CT molecular complexity index is 527. The van der Waals surface area contributed by atoms with E-state index in [-0.39, 0.29) is 6.04 Å². The number of pyridine rings is 1. The summed E-state index contributed by atoms with van der Waals surface area (Å²) in [6.45, 7) is 1.89. The Morgan fingerprint density at radius 1 is 1.24 bits per heavy atom. The van der Waals surface area contributed by atoms with Crippen molar-refractivity contribution in [2.24, 2.45) is 5.73 Å². The van der Waals surface area contributed by atoms with Crippen LogP contribution in [0.1, 0.15) is 12.8 Å². The molecule has 2 N–H and O–H groups in total. The van der Waals surface area contributed by atoms with E-state index in [2.05, 4.69) is 19.9 Å². The number of aromatic nitrogens is 3. The maximum atomic E-state index is 5.98. The third-order valence-corrected chi connectivity index (χ3v) is 3.10. The van der Waals surface area contributed by atoms with E-state index in [1.807, 2.05) is 12.1 Å². The van der Waals surface area contributed by atoms with Gasteiger partial charge in [0.1, 0.15) is 11.3 Å². The third-order valence-electron chi connectivity index (χ3n) is 3.10. The molecule has 1 aliphatic rings. The lowest BCUT2D eigenvalue weighted by atomic mass is 10.1. The standard InChI is InChI=1S/C12H15N5/c13-9-2-1-7-17(8-9)11-4-3-10-12(16-11)15-6-5-14-10/h3-6,9H,1-2,7-8,13H2. The molecule has 1 unspecified atom stereocenters. The van der Waals surface area contributed by atoms with Gasteiger partial charge in [-0.15, -0.1) is 0 Å². The van der Waals surface area contributed by atoms with Crippen molar-refractivity contribution in [1.82, 2.24) is 15.0 Å². The Hall–Kier alpha value is -1.75. The summed E-state index contributed by atoms with van der Waals surface area (Å²) < 4.78 is 0. The van der Waals surface area contributed by atoms with Gasteiger partial charge in [-0.05, 0) is 25.0 Å². The van der Waals surface area contributed by atoms with Crippen molar-refractivity contribution in [3.05, 3.63) is 24.5 Å². The fraction of sp³-hybridized carbons (Fsp3) is 0.417. The SMILES string of the molecule is NC1CCCN(c2ccc3nccnc3n2)C1. The van der Waals surface area contributed by atoms with Crippen LogP contribution >= 0.6 is 0 Å². The molecule has 3 rings (SSSR count). The van der Waals surface area contributed by atoms with E-state index in [1.165, 1.54) is 0 Å². The molecule has 1 fully saturated rings. The maximum absolute atomic E-state index is 5.98. The summed E-state index contributed by atoms with van der Waals surface area (Å²) in [5, 5.41) is 0. The zero-order chi connectivity index (χ0) is 11.7. The van der Waals surface area contributed by atoms with Crippen LogP contribution in [0.2, 0.25) is 0 Å². The Labute approximate surface area is 99.7 Å². The van der Waals surface area contributed by atoms with Crippen LogP contribution in [-0.4, -0.2) is 34.1 Å². The summed E-state index contributed by atoms with van der Waals surface area (Å²) >= 11 is 0. The lowest BCUT2D eigenvalue weighted by molar-refractivity contribution is 0.503. The molecule has 0 saturated carbocycles. The lowest BCUT2D eigenvalue weighted by Crippen LogP contribution is -2.43. The molecule has 0 spiro atoms. The van der Waals surface area contributed by atoms with Crippen molar-refractivity contribution < 1.29 is 0 Å². The van der Waals surface area contributed by atoms with Crippen LogP contribution in [0.5, 0.6) is 0 Å². The summed E-state index contributed by atoms with van der Waals surface area (Å²) in [6, 6.07) is 4.21. The van der Waals surface area contributed by atoms with E-state index >= 15 is 0 Å². The van der Waals surface area contributed by atoms with Gasteiger partial charge in [0.15, 0.2) is 5.65 Å². The number of anilines is 1. The summed E-state index contributed by atoms with van der Waals surface area (Å²) in [4.78, 5) is 15.2. The zero-order valence-corrected chi connectivity index (χ0v) is 9.58. The summed E-state index contributed by atoms with van der Waals surface area (Å²) in [7, 11) is 0. The molecule has 0 radical (unpaired) electrons. The highest BCUT2D eigenvalue weighted by Gasteiger charge is 2.18. The number of nitrogens with zero attached hydrogens (tertiary/aromatic N) is 4. The molecule has 0 bridgehead atoms. The van der Waals surface area contributed by atoms with Gasteiger partial charge in [-0.2, -0.15) is 0 Å². The first-order chi connectivity index (χ1) is 8.33. The van der Waals surface area contributed by atoms with Crippen LogP contribution in [0.3, 0.4) is 0 Å². The lowest BCUT2D eigenvalue weighted by Gasteiger charge is -2.31. The van der Waals surface area contributed by atoms with Crippen LogP contribution in [-0.2, 0) is 0 Å². The molecule has 5 nitrogen and oxygen atoms in total. The highest BCUT2D eigenvalue weighted by Crippen LogP contribution is 2.18. The first kappa shape index (κ1) is 10.4. The zero-order valence-electron chi connectivity index (χ0n) is 9.58. The van der Waals surface area contributed by atoms with Crippen molar-refractivity contribution in [3.63, 3.8) is 0 Å². The average Bonchev–Trinajstić information content (AvgIpc) is 2.38. The molecule has 0 aliphatic carbocycles. The fourth-order valence-corrected chi connectivity index (χ4v) is 2.24. The smallest absolute Gasteiger partial charge is 0.180 e. The van der Waals surface area contributed by atoms with E-state index in [9.17, 15) is 0 Å². The molecule has 0 amide bonds. The van der Waals surface area contributed by atoms with Crippen molar-refractivity contribution in [2.45, 2.75) is 18.9 Å². The molecule has 5 heteroatoms. The molecular formula is C12H15N5. The van der Waals surface area contributed by atoms with E-state index in [1.54, 1.807) is 12.4 Å². The second-order valence-corrected chi connectivity index (χ2v) is 4.42. The Morgan fingerprint density at radius 2 is 2.12 bits per heavy atom. The molecule has 2 aromatic rings. The Balaban J connectivity index is 1.94.